The van der Waals surface area contributed by atoms with Crippen LogP contribution in [0.5, 0.6) is 5.75 Å². The number of fused-ring (bicyclic) bond motifs is 1. The fourth-order valence-corrected chi connectivity index (χ4v) is 2.87. The maximum Gasteiger partial charge on any atom is 0.313 e. The number of aromatic nitrogens is 1. The minimum atomic E-state index is -0.725. The van der Waals surface area contributed by atoms with E-state index in [4.69, 9.17) is 4.74 Å². The molecule has 6 nitrogen and oxygen atoms in total. The van der Waals surface area contributed by atoms with E-state index in [0.29, 0.717) is 11.4 Å². The van der Waals surface area contributed by atoms with E-state index in [1.54, 1.807) is 31.5 Å². The minimum Gasteiger partial charge on any atom is -0.496 e. The van der Waals surface area contributed by atoms with Gasteiger partial charge in [-0.25, -0.2) is 0 Å². The number of anilines is 1. The van der Waals surface area contributed by atoms with Crippen LogP contribution in [0.15, 0.2) is 54.7 Å². The van der Waals surface area contributed by atoms with Gasteiger partial charge in [-0.1, -0.05) is 23.8 Å². The van der Waals surface area contributed by atoms with E-state index < -0.39 is 11.8 Å². The maximum absolute atomic E-state index is 12.3. The highest BCUT2D eigenvalue weighted by Crippen LogP contribution is 2.26. The first-order chi connectivity index (χ1) is 13.0. The summed E-state index contributed by atoms with van der Waals surface area (Å²) >= 11 is 0. The monoisotopic (exact) mass is 363 g/mol. The van der Waals surface area contributed by atoms with Crippen molar-refractivity contribution < 1.29 is 14.3 Å². The molecule has 0 spiro atoms. The van der Waals surface area contributed by atoms with Crippen LogP contribution < -0.4 is 15.4 Å². The number of ether oxygens (including phenoxy) is 1. The lowest BCUT2D eigenvalue weighted by molar-refractivity contribution is -0.136. The van der Waals surface area contributed by atoms with Crippen molar-refractivity contribution in [3.63, 3.8) is 0 Å². The lowest BCUT2D eigenvalue weighted by Crippen LogP contribution is -2.37. The van der Waals surface area contributed by atoms with Gasteiger partial charge in [-0.3, -0.25) is 14.6 Å². The molecule has 1 unspecified atom stereocenters. The van der Waals surface area contributed by atoms with Crippen LogP contribution >= 0.6 is 0 Å². The van der Waals surface area contributed by atoms with Gasteiger partial charge in [0.05, 0.1) is 18.7 Å². The molecule has 0 aliphatic carbocycles. The molecule has 1 heterocycles. The Morgan fingerprint density at radius 1 is 1.07 bits per heavy atom. The topological polar surface area (TPSA) is 80.3 Å². The lowest BCUT2D eigenvalue weighted by atomic mass is 10.0. The third kappa shape index (κ3) is 4.23. The molecule has 3 rings (SSSR count). The molecule has 2 N–H and O–H groups in total. The Hall–Kier alpha value is -3.41. The van der Waals surface area contributed by atoms with Gasteiger partial charge in [0.1, 0.15) is 5.75 Å². The Balaban J connectivity index is 1.69. The molecule has 3 aromatic rings. The van der Waals surface area contributed by atoms with Crippen molar-refractivity contribution in [3.05, 3.63) is 65.9 Å². The van der Waals surface area contributed by atoms with Gasteiger partial charge in [0.2, 0.25) is 0 Å². The van der Waals surface area contributed by atoms with Crippen molar-refractivity contribution in [3.8, 4) is 5.75 Å². The zero-order chi connectivity index (χ0) is 19.4. The number of pyridine rings is 1. The molecule has 0 radical (unpaired) electrons. The SMILES string of the molecule is COc1ccc(C)cc1C(C)NC(=O)C(=O)Nc1ccc2ncccc2c1. The largest absolute Gasteiger partial charge is 0.496 e. The second-order valence-corrected chi connectivity index (χ2v) is 6.31. The number of rotatable bonds is 4. The molecule has 0 aliphatic heterocycles. The Morgan fingerprint density at radius 3 is 2.67 bits per heavy atom. The number of benzene rings is 2. The summed E-state index contributed by atoms with van der Waals surface area (Å²) < 4.78 is 5.34. The molecular formula is C21H21N3O3. The van der Waals surface area contributed by atoms with Crippen molar-refractivity contribution in [2.75, 3.05) is 12.4 Å². The van der Waals surface area contributed by atoms with Crippen LogP contribution in [0.3, 0.4) is 0 Å². The van der Waals surface area contributed by atoms with Crippen LogP contribution in [0, 0.1) is 6.92 Å². The Bertz CT molecular complexity index is 1000. The highest BCUT2D eigenvalue weighted by molar-refractivity contribution is 6.39. The van der Waals surface area contributed by atoms with Crippen LogP contribution in [-0.2, 0) is 9.59 Å². The van der Waals surface area contributed by atoms with E-state index in [9.17, 15) is 9.59 Å². The summed E-state index contributed by atoms with van der Waals surface area (Å²) in [4.78, 5) is 28.8. The van der Waals surface area contributed by atoms with E-state index in [-0.39, 0.29) is 6.04 Å². The molecule has 0 saturated carbocycles. The van der Waals surface area contributed by atoms with Crippen molar-refractivity contribution in [1.29, 1.82) is 0 Å². The van der Waals surface area contributed by atoms with E-state index in [1.165, 1.54) is 0 Å². The number of nitrogens with one attached hydrogen (secondary N) is 2. The second-order valence-electron chi connectivity index (χ2n) is 6.31. The minimum absolute atomic E-state index is 0.376. The van der Waals surface area contributed by atoms with Crippen LogP contribution in [0.2, 0.25) is 0 Å². The summed E-state index contributed by atoms with van der Waals surface area (Å²) in [5.74, 6) is -0.773. The van der Waals surface area contributed by atoms with Gasteiger partial charge >= 0.3 is 11.8 Å². The normalized spacial score (nSPS) is 11.7. The van der Waals surface area contributed by atoms with Crippen molar-refractivity contribution >= 4 is 28.4 Å². The predicted octanol–water partition coefficient (Wildman–Crippen LogP) is 3.37. The Morgan fingerprint density at radius 2 is 1.89 bits per heavy atom. The van der Waals surface area contributed by atoms with Crippen molar-refractivity contribution in [2.24, 2.45) is 0 Å². The van der Waals surface area contributed by atoms with Gasteiger partial charge in [-0.15, -0.1) is 0 Å². The van der Waals surface area contributed by atoms with Crippen LogP contribution in [-0.4, -0.2) is 23.9 Å². The lowest BCUT2D eigenvalue weighted by Gasteiger charge is -2.17. The maximum atomic E-state index is 12.3. The third-order valence-electron chi connectivity index (χ3n) is 4.27. The average Bonchev–Trinajstić information content (AvgIpc) is 2.67. The van der Waals surface area contributed by atoms with Gasteiger partial charge < -0.3 is 15.4 Å². The number of hydrogen-bond acceptors (Lipinski definition) is 4. The van der Waals surface area contributed by atoms with E-state index in [1.807, 2.05) is 44.2 Å². The number of carbonyl (C=O) groups excluding carboxylic acids is 2. The number of methoxy groups -OCH3 is 1. The molecule has 1 atom stereocenters. The first kappa shape index (κ1) is 18.4. The number of aryl methyl sites for hydroxylation is 1. The summed E-state index contributed by atoms with van der Waals surface area (Å²) in [6, 6.07) is 14.3. The summed E-state index contributed by atoms with van der Waals surface area (Å²) in [5, 5.41) is 6.22. The van der Waals surface area contributed by atoms with Crippen LogP contribution in [0.4, 0.5) is 5.69 Å². The summed E-state index contributed by atoms with van der Waals surface area (Å²) in [5.41, 5.74) is 3.22. The summed E-state index contributed by atoms with van der Waals surface area (Å²) in [6.07, 6.45) is 1.70. The second kappa shape index (κ2) is 7.86. The Kier molecular flexibility index (Phi) is 5.35. The van der Waals surface area contributed by atoms with Gasteiger partial charge in [0, 0.05) is 22.8 Å². The van der Waals surface area contributed by atoms with Crippen molar-refractivity contribution in [1.82, 2.24) is 10.3 Å². The number of amides is 2. The van der Waals surface area contributed by atoms with Crippen LogP contribution in [0.1, 0.15) is 24.1 Å². The smallest absolute Gasteiger partial charge is 0.313 e. The van der Waals surface area contributed by atoms with Gasteiger partial charge in [-0.2, -0.15) is 0 Å². The van der Waals surface area contributed by atoms with E-state index >= 15 is 0 Å². The van der Waals surface area contributed by atoms with E-state index in [0.717, 1.165) is 22.0 Å². The molecular weight excluding hydrogens is 342 g/mol. The molecule has 0 bridgehead atoms. The molecule has 2 amide bonds. The molecule has 138 valence electrons. The standard InChI is InChI=1S/C21H21N3O3/c1-13-6-9-19(27-3)17(11-13)14(2)23-20(25)21(26)24-16-7-8-18-15(12-16)5-4-10-22-18/h4-12,14H,1-3H3,(H,23,25)(H,24,26). The summed E-state index contributed by atoms with van der Waals surface area (Å²) in [6.45, 7) is 3.77. The molecule has 6 heteroatoms. The van der Waals surface area contributed by atoms with Gasteiger partial charge in [-0.05, 0) is 44.2 Å². The number of hydrogen-bond donors (Lipinski definition) is 2. The first-order valence-electron chi connectivity index (χ1n) is 8.59. The quantitative estimate of drug-likeness (QED) is 0.697. The first-order valence-corrected chi connectivity index (χ1v) is 8.59. The predicted molar refractivity (Wildman–Crippen MR) is 105 cm³/mol. The molecule has 0 fully saturated rings. The van der Waals surface area contributed by atoms with Crippen LogP contribution in [0.25, 0.3) is 10.9 Å². The van der Waals surface area contributed by atoms with Gasteiger partial charge in [0.25, 0.3) is 0 Å². The Labute approximate surface area is 157 Å². The molecule has 0 saturated heterocycles. The number of carbonyl (C=O) groups is 2. The summed E-state index contributed by atoms with van der Waals surface area (Å²) in [7, 11) is 1.57. The zero-order valence-corrected chi connectivity index (χ0v) is 15.4. The molecule has 0 aliphatic rings. The molecule has 1 aromatic heterocycles. The van der Waals surface area contributed by atoms with Crippen molar-refractivity contribution in [2.45, 2.75) is 19.9 Å². The zero-order valence-electron chi connectivity index (χ0n) is 15.4. The average molecular weight is 363 g/mol. The molecule has 27 heavy (non-hydrogen) atoms. The highest BCUT2D eigenvalue weighted by Gasteiger charge is 2.19. The van der Waals surface area contributed by atoms with Gasteiger partial charge in [0.15, 0.2) is 0 Å². The third-order valence-corrected chi connectivity index (χ3v) is 4.27. The highest BCUT2D eigenvalue weighted by atomic mass is 16.5. The fraction of sp³-hybridized carbons (Fsp3) is 0.190. The fourth-order valence-electron chi connectivity index (χ4n) is 2.87. The molecule has 2 aromatic carbocycles. The number of nitrogens with zero attached hydrogens (tertiary/aromatic N) is 1. The van der Waals surface area contributed by atoms with E-state index in [2.05, 4.69) is 15.6 Å².